The van der Waals surface area contributed by atoms with Crippen LogP contribution in [-0.4, -0.2) is 18.7 Å². The molecule has 0 bridgehead atoms. The molecule has 0 saturated carbocycles. The Morgan fingerprint density at radius 1 is 1.30 bits per heavy atom. The summed E-state index contributed by atoms with van der Waals surface area (Å²) in [6.07, 6.45) is 2.06. The highest BCUT2D eigenvalue weighted by Gasteiger charge is 2.33. The van der Waals surface area contributed by atoms with Crippen molar-refractivity contribution in [1.29, 1.82) is 0 Å². The maximum absolute atomic E-state index is 6.09. The van der Waals surface area contributed by atoms with E-state index in [2.05, 4.69) is 38.2 Å². The Labute approximate surface area is 120 Å². The molecule has 0 amide bonds. The van der Waals surface area contributed by atoms with Crippen LogP contribution in [0.15, 0.2) is 28.7 Å². The fourth-order valence-corrected chi connectivity index (χ4v) is 2.87. The number of hydrogen-bond donors (Lipinski definition) is 1. The smallest absolute Gasteiger partial charge is 0.138 e. The molecule has 2 aromatic rings. The summed E-state index contributed by atoms with van der Waals surface area (Å²) in [6, 6.07) is 8.25. The van der Waals surface area contributed by atoms with E-state index in [0.717, 1.165) is 37.3 Å². The number of benzene rings is 1. The van der Waals surface area contributed by atoms with Crippen molar-refractivity contribution in [3.8, 4) is 0 Å². The van der Waals surface area contributed by atoms with Crippen LogP contribution in [0, 0.1) is 0 Å². The maximum Gasteiger partial charge on any atom is 0.138 e. The molecule has 0 aliphatic carbocycles. The maximum atomic E-state index is 6.09. The van der Waals surface area contributed by atoms with E-state index in [-0.39, 0.29) is 11.6 Å². The quantitative estimate of drug-likeness (QED) is 0.923. The van der Waals surface area contributed by atoms with Gasteiger partial charge < -0.3 is 14.5 Å². The summed E-state index contributed by atoms with van der Waals surface area (Å²) in [5, 5.41) is 4.82. The molecule has 2 atom stereocenters. The van der Waals surface area contributed by atoms with Gasteiger partial charge in [-0.15, -0.1) is 0 Å². The lowest BCUT2D eigenvalue weighted by Crippen LogP contribution is -2.52. The van der Waals surface area contributed by atoms with Gasteiger partial charge in [0.1, 0.15) is 17.4 Å². The van der Waals surface area contributed by atoms with Crippen LogP contribution in [0.2, 0.25) is 0 Å². The second kappa shape index (κ2) is 5.23. The zero-order chi connectivity index (χ0) is 14.2. The van der Waals surface area contributed by atoms with Gasteiger partial charge in [-0.05, 0) is 25.8 Å². The van der Waals surface area contributed by atoms with Crippen LogP contribution < -0.4 is 5.32 Å². The topological polar surface area (TPSA) is 34.4 Å². The van der Waals surface area contributed by atoms with Crippen LogP contribution in [0.5, 0.6) is 0 Å². The first-order valence-electron chi connectivity index (χ1n) is 7.54. The van der Waals surface area contributed by atoms with Gasteiger partial charge >= 0.3 is 0 Å². The lowest BCUT2D eigenvalue weighted by Gasteiger charge is -2.37. The van der Waals surface area contributed by atoms with Crippen molar-refractivity contribution in [2.24, 2.45) is 0 Å². The molecule has 3 heteroatoms. The SMILES string of the molecule is CCc1c(C2CNC(C)(CC)CO2)oc2ccccc12. The molecule has 3 rings (SSSR count). The Balaban J connectivity index is 1.91. The van der Waals surface area contributed by atoms with Crippen molar-refractivity contribution >= 4 is 11.0 Å². The van der Waals surface area contributed by atoms with Gasteiger partial charge in [0, 0.05) is 23.0 Å². The number of ether oxygens (including phenoxy) is 1. The van der Waals surface area contributed by atoms with Crippen molar-refractivity contribution in [3.63, 3.8) is 0 Å². The molecule has 108 valence electrons. The third-order valence-electron chi connectivity index (χ3n) is 4.47. The lowest BCUT2D eigenvalue weighted by atomic mass is 9.96. The summed E-state index contributed by atoms with van der Waals surface area (Å²) < 4.78 is 12.2. The minimum absolute atomic E-state index is 0.0250. The number of morpholine rings is 1. The van der Waals surface area contributed by atoms with Gasteiger partial charge in [0.15, 0.2) is 0 Å². The average molecular weight is 273 g/mol. The number of para-hydroxylation sites is 1. The second-order valence-electron chi connectivity index (χ2n) is 5.89. The van der Waals surface area contributed by atoms with Crippen LogP contribution in [0.1, 0.15) is 44.6 Å². The van der Waals surface area contributed by atoms with Crippen LogP contribution in [-0.2, 0) is 11.2 Å². The van der Waals surface area contributed by atoms with E-state index in [0.29, 0.717) is 0 Å². The monoisotopic (exact) mass is 273 g/mol. The molecule has 1 aromatic carbocycles. The molecule has 2 unspecified atom stereocenters. The average Bonchev–Trinajstić information content (AvgIpc) is 2.86. The summed E-state index contributed by atoms with van der Waals surface area (Å²) in [7, 11) is 0. The highest BCUT2D eigenvalue weighted by Crippen LogP contribution is 2.34. The van der Waals surface area contributed by atoms with E-state index >= 15 is 0 Å². The first-order chi connectivity index (χ1) is 9.67. The lowest BCUT2D eigenvalue weighted by molar-refractivity contribution is -0.0392. The number of hydrogen-bond acceptors (Lipinski definition) is 3. The molecule has 0 spiro atoms. The summed E-state index contributed by atoms with van der Waals surface area (Å²) >= 11 is 0. The highest BCUT2D eigenvalue weighted by atomic mass is 16.5. The van der Waals surface area contributed by atoms with Gasteiger partial charge in [0.05, 0.1) is 6.61 Å². The summed E-state index contributed by atoms with van der Waals surface area (Å²) in [5.74, 6) is 0.999. The summed E-state index contributed by atoms with van der Waals surface area (Å²) in [4.78, 5) is 0. The third kappa shape index (κ3) is 2.25. The van der Waals surface area contributed by atoms with Gasteiger partial charge in [-0.3, -0.25) is 0 Å². The molecule has 1 saturated heterocycles. The molecule has 20 heavy (non-hydrogen) atoms. The molecule has 1 fully saturated rings. The Morgan fingerprint density at radius 2 is 2.10 bits per heavy atom. The number of aryl methyl sites for hydroxylation is 1. The number of rotatable bonds is 3. The van der Waals surface area contributed by atoms with E-state index in [1.165, 1.54) is 10.9 Å². The van der Waals surface area contributed by atoms with Gasteiger partial charge in [-0.1, -0.05) is 32.0 Å². The highest BCUT2D eigenvalue weighted by molar-refractivity contribution is 5.82. The zero-order valence-electron chi connectivity index (χ0n) is 12.5. The molecular formula is C17H23NO2. The van der Waals surface area contributed by atoms with Crippen LogP contribution >= 0.6 is 0 Å². The van der Waals surface area contributed by atoms with E-state index < -0.39 is 0 Å². The first kappa shape index (κ1) is 13.7. The van der Waals surface area contributed by atoms with Crippen molar-refractivity contribution in [3.05, 3.63) is 35.6 Å². The predicted octanol–water partition coefficient (Wildman–Crippen LogP) is 3.82. The Bertz CT molecular complexity index is 594. The summed E-state index contributed by atoms with van der Waals surface area (Å²) in [6.45, 7) is 8.12. The molecule has 1 aromatic heterocycles. The molecule has 2 heterocycles. The Hall–Kier alpha value is -1.32. The van der Waals surface area contributed by atoms with E-state index in [4.69, 9.17) is 9.15 Å². The second-order valence-corrected chi connectivity index (χ2v) is 5.89. The van der Waals surface area contributed by atoms with Gasteiger partial charge in [0.2, 0.25) is 0 Å². The molecule has 1 aliphatic rings. The Morgan fingerprint density at radius 3 is 2.75 bits per heavy atom. The molecular weight excluding hydrogens is 250 g/mol. The van der Waals surface area contributed by atoms with Crippen molar-refractivity contribution in [2.45, 2.75) is 45.3 Å². The molecule has 0 radical (unpaired) electrons. The van der Waals surface area contributed by atoms with Gasteiger partial charge in [-0.25, -0.2) is 0 Å². The van der Waals surface area contributed by atoms with Crippen LogP contribution in [0.3, 0.4) is 0 Å². The van der Waals surface area contributed by atoms with Crippen molar-refractivity contribution < 1.29 is 9.15 Å². The van der Waals surface area contributed by atoms with Crippen molar-refractivity contribution in [2.75, 3.05) is 13.2 Å². The van der Waals surface area contributed by atoms with Gasteiger partial charge in [0.25, 0.3) is 0 Å². The minimum atomic E-state index is 0.0250. The fourth-order valence-electron chi connectivity index (χ4n) is 2.87. The fraction of sp³-hybridized carbons (Fsp3) is 0.529. The first-order valence-corrected chi connectivity index (χ1v) is 7.54. The van der Waals surface area contributed by atoms with Gasteiger partial charge in [-0.2, -0.15) is 0 Å². The van der Waals surface area contributed by atoms with Crippen LogP contribution in [0.25, 0.3) is 11.0 Å². The van der Waals surface area contributed by atoms with Crippen LogP contribution in [0.4, 0.5) is 0 Å². The van der Waals surface area contributed by atoms with E-state index in [9.17, 15) is 0 Å². The minimum Gasteiger partial charge on any atom is -0.458 e. The molecule has 3 nitrogen and oxygen atoms in total. The standard InChI is InChI=1S/C17H23NO2/c1-4-12-13-8-6-7-9-14(13)20-16(12)15-10-18-17(3,5-2)11-19-15/h6-9,15,18H,4-5,10-11H2,1-3H3. The predicted molar refractivity (Wildman–Crippen MR) is 81.0 cm³/mol. The molecule has 1 aliphatic heterocycles. The number of furan rings is 1. The summed E-state index contributed by atoms with van der Waals surface area (Å²) in [5.41, 5.74) is 2.34. The normalized spacial score (nSPS) is 27.1. The Kier molecular flexibility index (Phi) is 3.57. The largest absolute Gasteiger partial charge is 0.458 e. The number of nitrogens with one attached hydrogen (secondary N) is 1. The van der Waals surface area contributed by atoms with E-state index in [1.54, 1.807) is 0 Å². The number of fused-ring (bicyclic) bond motifs is 1. The third-order valence-corrected chi connectivity index (χ3v) is 4.47. The zero-order valence-corrected chi connectivity index (χ0v) is 12.5. The van der Waals surface area contributed by atoms with E-state index in [1.807, 2.05) is 12.1 Å². The van der Waals surface area contributed by atoms with Crippen molar-refractivity contribution in [1.82, 2.24) is 5.32 Å². The molecule has 1 N–H and O–H groups in total.